The molecule has 0 amide bonds. The van der Waals surface area contributed by atoms with E-state index in [-0.39, 0.29) is 11.6 Å². The van der Waals surface area contributed by atoms with Crippen LogP contribution in [0.2, 0.25) is 0 Å². The maximum atomic E-state index is 9.98. The molecule has 0 saturated carbocycles. The lowest BCUT2D eigenvalue weighted by atomic mass is 10.4. The van der Waals surface area contributed by atoms with Crippen molar-refractivity contribution in [3.05, 3.63) is 0 Å². The molecule has 0 radical (unpaired) electrons. The van der Waals surface area contributed by atoms with Crippen LogP contribution in [0.5, 0.6) is 0 Å². The topological polar surface area (TPSA) is 77.2 Å². The molecule has 0 spiro atoms. The van der Waals surface area contributed by atoms with Gasteiger partial charge in [0.15, 0.2) is 11.3 Å². The summed E-state index contributed by atoms with van der Waals surface area (Å²) in [5.74, 6) is -0.417. The van der Waals surface area contributed by atoms with Crippen molar-refractivity contribution in [3.63, 3.8) is 0 Å². The fourth-order valence-corrected chi connectivity index (χ4v) is 0. The minimum atomic E-state index is -0.463. The number of carbonyl (C=O) groups excluding carboxylic acids is 3. The molecule has 0 heterocycles. The van der Waals surface area contributed by atoms with E-state index in [0.29, 0.717) is 0 Å². The summed E-state index contributed by atoms with van der Waals surface area (Å²) in [5.41, 5.74) is 4.56. The Morgan fingerprint density at radius 2 is 1.42 bits per heavy atom. The predicted molar refractivity (Wildman–Crippen MR) is 53.8 cm³/mol. The summed E-state index contributed by atoms with van der Waals surface area (Å²) >= 11 is 0. The molecule has 0 fully saturated rings. The Morgan fingerprint density at radius 3 is 1.42 bits per heavy atom. The average molecular weight is 209 g/mol. The van der Waals surface area contributed by atoms with Gasteiger partial charge in [-0.1, -0.05) is 18.5 Å². The fourth-order valence-electron chi connectivity index (χ4n) is 0. The Morgan fingerprint density at radius 1 is 1.25 bits per heavy atom. The van der Waals surface area contributed by atoms with E-state index >= 15 is 0 Å². The predicted octanol–water partition coefficient (Wildman–Crippen LogP) is -0.288. The standard InChI is InChI=1S/C3H8NOP.C3H5O2P/c2*1-2(4)3(5)6/h2H,4,6H2,1H3;6H2,1H3. The highest BCUT2D eigenvalue weighted by atomic mass is 31.0. The number of hydrogen-bond donors (Lipinski definition) is 1. The van der Waals surface area contributed by atoms with Crippen molar-refractivity contribution in [2.24, 2.45) is 5.73 Å². The molecule has 70 valence electrons. The third kappa shape index (κ3) is 12.5. The van der Waals surface area contributed by atoms with E-state index in [9.17, 15) is 14.4 Å². The molecule has 0 aliphatic rings. The van der Waals surface area contributed by atoms with Crippen LogP contribution in [0.3, 0.4) is 0 Å². The average Bonchev–Trinajstić information content (AvgIpc) is 1.88. The Balaban J connectivity index is 0. The molecule has 0 aliphatic heterocycles. The van der Waals surface area contributed by atoms with E-state index in [2.05, 4.69) is 0 Å². The summed E-state index contributed by atoms with van der Waals surface area (Å²) in [6, 6.07) is -0.324. The second-order valence-corrected chi connectivity index (χ2v) is 3.20. The molecule has 0 bridgehead atoms. The van der Waals surface area contributed by atoms with Gasteiger partial charge in [0, 0.05) is 6.92 Å². The first-order valence-corrected chi connectivity index (χ1v) is 4.29. The highest BCUT2D eigenvalue weighted by Gasteiger charge is 1.95. The third-order valence-electron chi connectivity index (χ3n) is 0.796. The van der Waals surface area contributed by atoms with E-state index in [1.54, 1.807) is 16.2 Å². The molecule has 0 aromatic heterocycles. The second kappa shape index (κ2) is 7.48. The molecular weight excluding hydrogens is 196 g/mol. The minimum absolute atomic E-state index is 0.0463. The van der Waals surface area contributed by atoms with Gasteiger partial charge >= 0.3 is 0 Å². The van der Waals surface area contributed by atoms with Crippen LogP contribution in [0.15, 0.2) is 0 Å². The van der Waals surface area contributed by atoms with Crippen LogP contribution >= 0.6 is 18.5 Å². The molecule has 2 N–H and O–H groups in total. The minimum Gasteiger partial charge on any atom is -0.321 e. The maximum Gasteiger partial charge on any atom is 0.213 e. The molecule has 0 rings (SSSR count). The van der Waals surface area contributed by atoms with Crippen LogP contribution in [0.25, 0.3) is 0 Å². The third-order valence-corrected chi connectivity index (χ3v) is 1.73. The molecule has 0 aliphatic carbocycles. The van der Waals surface area contributed by atoms with E-state index in [1.165, 1.54) is 6.92 Å². The summed E-state index contributed by atoms with van der Waals surface area (Å²) < 4.78 is 0. The summed E-state index contributed by atoms with van der Waals surface area (Å²) in [7, 11) is 3.79. The Bertz CT molecular complexity index is 179. The van der Waals surface area contributed by atoms with Crippen molar-refractivity contribution < 1.29 is 14.4 Å². The summed E-state index contributed by atoms with van der Waals surface area (Å²) in [4.78, 5) is 29.5. The van der Waals surface area contributed by atoms with Crippen molar-refractivity contribution >= 4 is 35.3 Å². The fraction of sp³-hybridized carbons (Fsp3) is 0.500. The molecule has 6 heteroatoms. The highest BCUT2D eigenvalue weighted by molar-refractivity contribution is 7.44. The lowest BCUT2D eigenvalue weighted by Crippen LogP contribution is -2.21. The van der Waals surface area contributed by atoms with E-state index in [1.807, 2.05) is 9.24 Å². The zero-order valence-electron chi connectivity index (χ0n) is 7.03. The van der Waals surface area contributed by atoms with Crippen LogP contribution < -0.4 is 5.73 Å². The van der Waals surface area contributed by atoms with E-state index in [4.69, 9.17) is 5.73 Å². The second-order valence-electron chi connectivity index (χ2n) is 2.11. The Kier molecular flexibility index (Phi) is 8.95. The highest BCUT2D eigenvalue weighted by Crippen LogP contribution is 1.86. The van der Waals surface area contributed by atoms with Crippen LogP contribution in [0.1, 0.15) is 13.8 Å². The van der Waals surface area contributed by atoms with E-state index < -0.39 is 11.3 Å². The SMILES string of the molecule is CC(=O)C(=O)P.CC(N)C(=O)P. The Labute approximate surface area is 76.1 Å². The summed E-state index contributed by atoms with van der Waals surface area (Å²) in [6.07, 6.45) is 0. The van der Waals surface area contributed by atoms with Crippen LogP contribution in [-0.4, -0.2) is 22.9 Å². The molecular formula is C6H13NO3P2. The lowest BCUT2D eigenvalue weighted by molar-refractivity contribution is -0.130. The first-order chi connectivity index (χ1) is 5.29. The molecule has 4 nitrogen and oxygen atoms in total. The van der Waals surface area contributed by atoms with Crippen LogP contribution in [0, 0.1) is 0 Å². The first kappa shape index (κ1) is 14.4. The summed E-state index contributed by atoms with van der Waals surface area (Å²) in [6.45, 7) is 2.88. The molecule has 3 unspecified atom stereocenters. The zero-order valence-corrected chi connectivity index (χ0v) is 9.34. The van der Waals surface area contributed by atoms with Gasteiger partial charge in [0.1, 0.15) is 0 Å². The van der Waals surface area contributed by atoms with Gasteiger partial charge in [-0.05, 0) is 6.92 Å². The van der Waals surface area contributed by atoms with Crippen molar-refractivity contribution in [2.45, 2.75) is 19.9 Å². The first-order valence-electron chi connectivity index (χ1n) is 3.14. The largest absolute Gasteiger partial charge is 0.321 e. The number of carbonyl (C=O) groups is 3. The van der Waals surface area contributed by atoms with Gasteiger partial charge in [-0.2, -0.15) is 0 Å². The molecule has 0 aromatic rings. The van der Waals surface area contributed by atoms with Gasteiger partial charge in [-0.15, -0.1) is 0 Å². The lowest BCUT2D eigenvalue weighted by Gasteiger charge is -1.91. The molecule has 12 heavy (non-hydrogen) atoms. The number of rotatable bonds is 2. The number of hydrogen-bond acceptors (Lipinski definition) is 4. The number of ketones is 1. The molecule has 3 atom stereocenters. The molecule has 0 saturated heterocycles. The normalized spacial score (nSPS) is 10.8. The van der Waals surface area contributed by atoms with Gasteiger partial charge in [0.2, 0.25) is 5.52 Å². The van der Waals surface area contributed by atoms with Gasteiger partial charge in [0.25, 0.3) is 0 Å². The van der Waals surface area contributed by atoms with Crippen LogP contribution in [-0.2, 0) is 14.4 Å². The van der Waals surface area contributed by atoms with Crippen molar-refractivity contribution in [1.82, 2.24) is 0 Å². The van der Waals surface area contributed by atoms with Crippen molar-refractivity contribution in [3.8, 4) is 0 Å². The monoisotopic (exact) mass is 209 g/mol. The van der Waals surface area contributed by atoms with E-state index in [0.717, 1.165) is 0 Å². The van der Waals surface area contributed by atoms with Crippen molar-refractivity contribution in [2.75, 3.05) is 0 Å². The van der Waals surface area contributed by atoms with Gasteiger partial charge < -0.3 is 5.73 Å². The van der Waals surface area contributed by atoms with Gasteiger partial charge in [0.05, 0.1) is 6.04 Å². The smallest absolute Gasteiger partial charge is 0.213 e. The quantitative estimate of drug-likeness (QED) is 0.500. The van der Waals surface area contributed by atoms with Gasteiger partial charge in [-0.3, -0.25) is 14.4 Å². The number of Topliss-reactive ketones (excluding diaryl/α,β-unsaturated/α-hetero) is 1. The zero-order chi connectivity index (χ0) is 10.3. The maximum absolute atomic E-state index is 9.98. The molecule has 0 aromatic carbocycles. The number of nitrogens with two attached hydrogens (primary N) is 1. The van der Waals surface area contributed by atoms with Gasteiger partial charge in [-0.25, -0.2) is 0 Å². The Hall–Kier alpha value is -0.170. The van der Waals surface area contributed by atoms with Crippen molar-refractivity contribution in [1.29, 1.82) is 0 Å². The van der Waals surface area contributed by atoms with Crippen LogP contribution in [0.4, 0.5) is 0 Å². The summed E-state index contributed by atoms with van der Waals surface area (Å²) in [5, 5.41) is 0.